The lowest BCUT2D eigenvalue weighted by Crippen LogP contribution is -2.46. The highest BCUT2D eigenvalue weighted by Crippen LogP contribution is 2.24. The molecule has 2 atom stereocenters. The van der Waals surface area contributed by atoms with Gasteiger partial charge in [-0.05, 0) is 41.3 Å². The first-order valence-corrected chi connectivity index (χ1v) is 10.9. The van der Waals surface area contributed by atoms with Crippen LogP contribution in [-0.2, 0) is 4.74 Å². The number of aliphatic imine (C=N–C) groups is 1. The molecule has 2 aromatic rings. The van der Waals surface area contributed by atoms with Crippen LogP contribution in [-0.4, -0.2) is 64.4 Å². The first-order valence-electron chi connectivity index (χ1n) is 10.9. The predicted octanol–water partition coefficient (Wildman–Crippen LogP) is 3.93. The Morgan fingerprint density at radius 3 is 2.27 bits per heavy atom. The lowest BCUT2D eigenvalue weighted by molar-refractivity contribution is 0.0170. The van der Waals surface area contributed by atoms with Crippen LogP contribution < -0.4 is 15.4 Å². The number of ether oxygens (including phenoxy) is 2. The summed E-state index contributed by atoms with van der Waals surface area (Å²) in [6, 6.07) is 12.3. The number of hydrogen-bond donors (Lipinski definition) is 2. The number of hydrogen-bond acceptors (Lipinski definition) is 4. The average molecular weight is 574 g/mol. The molecule has 182 valence electrons. The first kappa shape index (κ1) is 27.3. The fraction of sp³-hybridized carbons (Fsp3) is 0.458. The van der Waals surface area contributed by atoms with E-state index in [1.807, 2.05) is 19.1 Å². The van der Waals surface area contributed by atoms with Gasteiger partial charge >= 0.3 is 0 Å². The molecule has 1 saturated heterocycles. The minimum Gasteiger partial charge on any atom is -0.497 e. The van der Waals surface area contributed by atoms with Crippen molar-refractivity contribution in [2.24, 2.45) is 4.99 Å². The first-order chi connectivity index (χ1) is 15.5. The molecule has 2 aromatic carbocycles. The number of nitrogens with zero attached hydrogens (tertiary/aromatic N) is 2. The van der Waals surface area contributed by atoms with E-state index in [0.717, 1.165) is 30.5 Å². The minimum atomic E-state index is -0.834. The normalized spacial score (nSPS) is 16.5. The van der Waals surface area contributed by atoms with Crippen LogP contribution in [0.4, 0.5) is 8.78 Å². The third-order valence-corrected chi connectivity index (χ3v) is 5.76. The van der Waals surface area contributed by atoms with Gasteiger partial charge in [-0.15, -0.1) is 24.0 Å². The van der Waals surface area contributed by atoms with E-state index in [1.54, 1.807) is 20.2 Å². The van der Waals surface area contributed by atoms with Crippen LogP contribution in [0.1, 0.15) is 30.0 Å². The van der Waals surface area contributed by atoms with Crippen molar-refractivity contribution in [3.8, 4) is 5.75 Å². The molecule has 0 bridgehead atoms. The number of benzene rings is 2. The van der Waals surface area contributed by atoms with E-state index in [9.17, 15) is 8.78 Å². The smallest absolute Gasteiger partial charge is 0.191 e. The Balaban J connectivity index is 0.00000385. The van der Waals surface area contributed by atoms with Crippen molar-refractivity contribution in [1.82, 2.24) is 15.5 Å². The highest BCUT2D eigenvalue weighted by atomic mass is 127. The van der Waals surface area contributed by atoms with Crippen LogP contribution in [0, 0.1) is 11.6 Å². The molecule has 0 spiro atoms. The number of methoxy groups -OCH3 is 1. The van der Waals surface area contributed by atoms with Gasteiger partial charge in [0.25, 0.3) is 0 Å². The fourth-order valence-electron chi connectivity index (χ4n) is 3.77. The second kappa shape index (κ2) is 13.7. The van der Waals surface area contributed by atoms with Crippen molar-refractivity contribution < 1.29 is 18.3 Å². The van der Waals surface area contributed by atoms with E-state index in [0.29, 0.717) is 32.3 Å². The minimum absolute atomic E-state index is 0. The molecule has 1 aliphatic rings. The largest absolute Gasteiger partial charge is 0.497 e. The van der Waals surface area contributed by atoms with Crippen molar-refractivity contribution in [3.63, 3.8) is 0 Å². The maximum atomic E-state index is 13.5. The molecule has 6 nitrogen and oxygen atoms in total. The molecule has 0 aliphatic carbocycles. The van der Waals surface area contributed by atoms with Gasteiger partial charge in [0.15, 0.2) is 17.6 Å². The van der Waals surface area contributed by atoms with E-state index in [4.69, 9.17) is 9.47 Å². The highest BCUT2D eigenvalue weighted by Gasteiger charge is 2.23. The highest BCUT2D eigenvalue weighted by molar-refractivity contribution is 14.0. The van der Waals surface area contributed by atoms with Gasteiger partial charge < -0.3 is 20.1 Å². The molecule has 0 aromatic heterocycles. The van der Waals surface area contributed by atoms with Crippen molar-refractivity contribution in [1.29, 1.82) is 0 Å². The molecule has 33 heavy (non-hydrogen) atoms. The van der Waals surface area contributed by atoms with Crippen molar-refractivity contribution in [3.05, 3.63) is 65.2 Å². The summed E-state index contributed by atoms with van der Waals surface area (Å²) in [7, 11) is 3.38. The average Bonchev–Trinajstić information content (AvgIpc) is 2.83. The summed E-state index contributed by atoms with van der Waals surface area (Å²) in [5, 5.41) is 6.70. The quantitative estimate of drug-likeness (QED) is 0.285. The van der Waals surface area contributed by atoms with E-state index in [1.165, 1.54) is 11.6 Å². The van der Waals surface area contributed by atoms with E-state index in [2.05, 4.69) is 32.7 Å². The monoisotopic (exact) mass is 574 g/mol. The lowest BCUT2D eigenvalue weighted by Gasteiger charge is -2.35. The molecule has 0 saturated carbocycles. The molecule has 0 radical (unpaired) electrons. The van der Waals surface area contributed by atoms with Gasteiger partial charge in [0.2, 0.25) is 0 Å². The summed E-state index contributed by atoms with van der Waals surface area (Å²) in [6.07, 6.45) is 0. The lowest BCUT2D eigenvalue weighted by atomic mass is 10.0. The van der Waals surface area contributed by atoms with Gasteiger partial charge in [-0.3, -0.25) is 9.89 Å². The second-order valence-corrected chi connectivity index (χ2v) is 7.85. The molecule has 2 unspecified atom stereocenters. The Morgan fingerprint density at radius 1 is 1.03 bits per heavy atom. The number of nitrogens with one attached hydrogen (secondary N) is 2. The molecular weight excluding hydrogens is 541 g/mol. The Kier molecular flexibility index (Phi) is 11.3. The number of morpholine rings is 1. The second-order valence-electron chi connectivity index (χ2n) is 7.85. The van der Waals surface area contributed by atoms with Crippen LogP contribution in [0.25, 0.3) is 0 Å². The molecular formula is C24H33F2IN4O2. The zero-order valence-corrected chi connectivity index (χ0v) is 21.6. The van der Waals surface area contributed by atoms with Gasteiger partial charge in [0.05, 0.1) is 26.4 Å². The summed E-state index contributed by atoms with van der Waals surface area (Å²) in [6.45, 7) is 6.30. The SMILES string of the molecule is CN=C(NCC(C)c1ccc(F)c(F)c1)NCC(c1ccc(OC)cc1)N1CCOCC1.I. The maximum Gasteiger partial charge on any atom is 0.191 e. The number of guanidine groups is 1. The molecule has 1 fully saturated rings. The van der Waals surface area contributed by atoms with Crippen molar-refractivity contribution in [2.45, 2.75) is 18.9 Å². The summed E-state index contributed by atoms with van der Waals surface area (Å²) in [4.78, 5) is 6.72. The van der Waals surface area contributed by atoms with Crippen molar-refractivity contribution >= 4 is 29.9 Å². The summed E-state index contributed by atoms with van der Waals surface area (Å²) < 4.78 is 37.6. The Hall–Kier alpha value is -1.98. The molecule has 3 rings (SSSR count). The van der Waals surface area contributed by atoms with Crippen LogP contribution in [0.15, 0.2) is 47.5 Å². The zero-order valence-electron chi connectivity index (χ0n) is 19.3. The van der Waals surface area contributed by atoms with Gasteiger partial charge in [0.1, 0.15) is 5.75 Å². The molecule has 1 aliphatic heterocycles. The standard InChI is InChI=1S/C24H32F2N4O2.HI/c1-17(19-6-9-21(25)22(26)14-19)15-28-24(27-2)29-16-23(30-10-12-32-13-11-30)18-4-7-20(31-3)8-5-18;/h4-9,14,17,23H,10-13,15-16H2,1-3H3,(H2,27,28,29);1H. The summed E-state index contributed by atoms with van der Waals surface area (Å²) in [5.41, 5.74) is 1.92. The Bertz CT molecular complexity index is 893. The van der Waals surface area contributed by atoms with E-state index >= 15 is 0 Å². The summed E-state index contributed by atoms with van der Waals surface area (Å²) >= 11 is 0. The molecule has 0 amide bonds. The van der Waals surface area contributed by atoms with Crippen LogP contribution >= 0.6 is 24.0 Å². The van der Waals surface area contributed by atoms with Crippen molar-refractivity contribution in [2.75, 3.05) is 53.6 Å². The van der Waals surface area contributed by atoms with Crippen LogP contribution in [0.3, 0.4) is 0 Å². The van der Waals surface area contributed by atoms with Crippen LogP contribution in [0.5, 0.6) is 5.75 Å². The fourth-order valence-corrected chi connectivity index (χ4v) is 3.77. The van der Waals surface area contributed by atoms with E-state index in [-0.39, 0.29) is 35.9 Å². The summed E-state index contributed by atoms with van der Waals surface area (Å²) in [5.74, 6) is -0.193. The Morgan fingerprint density at radius 2 is 1.67 bits per heavy atom. The zero-order chi connectivity index (χ0) is 22.9. The number of halogens is 3. The number of rotatable bonds is 8. The molecule has 2 N–H and O–H groups in total. The van der Waals surface area contributed by atoms with Gasteiger partial charge in [-0.1, -0.05) is 25.1 Å². The predicted molar refractivity (Wildman–Crippen MR) is 138 cm³/mol. The topological polar surface area (TPSA) is 58.1 Å². The third-order valence-electron chi connectivity index (χ3n) is 5.76. The van der Waals surface area contributed by atoms with Gasteiger partial charge in [0, 0.05) is 33.2 Å². The van der Waals surface area contributed by atoms with Crippen LogP contribution in [0.2, 0.25) is 0 Å². The Labute approximate surface area is 211 Å². The van der Waals surface area contributed by atoms with Gasteiger partial charge in [-0.25, -0.2) is 8.78 Å². The van der Waals surface area contributed by atoms with Gasteiger partial charge in [-0.2, -0.15) is 0 Å². The molecule has 1 heterocycles. The molecule has 9 heteroatoms. The third kappa shape index (κ3) is 7.79. The maximum absolute atomic E-state index is 13.5. The van der Waals surface area contributed by atoms with E-state index < -0.39 is 11.6 Å².